The minimum Gasteiger partial charge on any atom is -0.471 e. The van der Waals surface area contributed by atoms with E-state index >= 15 is 0 Å². The molecule has 8 heteroatoms. The molecule has 8 nitrogen and oxygen atoms in total. The quantitative estimate of drug-likeness (QED) is 0.729. The molecule has 0 amide bonds. The van der Waals surface area contributed by atoms with Crippen LogP contribution in [0.5, 0.6) is 5.88 Å². The lowest BCUT2D eigenvalue weighted by Gasteiger charge is -2.26. The second-order valence-corrected chi connectivity index (χ2v) is 8.08. The molecule has 0 radical (unpaired) electrons. The normalized spacial score (nSPS) is 25.8. The lowest BCUT2D eigenvalue weighted by molar-refractivity contribution is 0.122. The Morgan fingerprint density at radius 2 is 2.03 bits per heavy atom. The Hall–Kier alpha value is -2.03. The van der Waals surface area contributed by atoms with E-state index in [2.05, 4.69) is 15.3 Å². The molecule has 2 fully saturated rings. The summed E-state index contributed by atoms with van der Waals surface area (Å²) in [6, 6.07) is 0.0962. The first-order chi connectivity index (χ1) is 14.1. The van der Waals surface area contributed by atoms with Gasteiger partial charge in [0, 0.05) is 37.5 Å². The van der Waals surface area contributed by atoms with Gasteiger partial charge in [0.1, 0.15) is 6.10 Å². The summed E-state index contributed by atoms with van der Waals surface area (Å²) < 4.78 is 16.7. The van der Waals surface area contributed by atoms with E-state index in [4.69, 9.17) is 19.2 Å². The molecule has 1 saturated heterocycles. The minimum absolute atomic E-state index is 0.0147. The molecule has 1 aliphatic heterocycles. The summed E-state index contributed by atoms with van der Waals surface area (Å²) in [5.41, 5.74) is 1.98. The molecule has 2 aromatic heterocycles. The molecule has 158 valence electrons. The van der Waals surface area contributed by atoms with Crippen LogP contribution >= 0.6 is 0 Å². The molecule has 2 atom stereocenters. The zero-order valence-corrected chi connectivity index (χ0v) is 17.1. The van der Waals surface area contributed by atoms with Gasteiger partial charge in [-0.2, -0.15) is 0 Å². The zero-order valence-electron chi connectivity index (χ0n) is 17.1. The van der Waals surface area contributed by atoms with E-state index in [1.54, 1.807) is 13.3 Å². The van der Waals surface area contributed by atoms with Gasteiger partial charge in [0.05, 0.1) is 36.8 Å². The van der Waals surface area contributed by atoms with E-state index in [1.807, 2.05) is 13.1 Å². The van der Waals surface area contributed by atoms with Crippen molar-refractivity contribution in [1.82, 2.24) is 15.0 Å². The predicted molar refractivity (Wildman–Crippen MR) is 109 cm³/mol. The van der Waals surface area contributed by atoms with Crippen molar-refractivity contribution in [3.05, 3.63) is 18.0 Å². The maximum atomic E-state index is 9.89. The number of anilines is 1. The van der Waals surface area contributed by atoms with E-state index in [9.17, 15) is 5.11 Å². The fraction of sp³-hybridized carbons (Fsp3) is 0.667. The van der Waals surface area contributed by atoms with Crippen LogP contribution in [0.2, 0.25) is 0 Å². The van der Waals surface area contributed by atoms with E-state index in [0.29, 0.717) is 37.6 Å². The molecule has 0 aromatic carbocycles. The van der Waals surface area contributed by atoms with Gasteiger partial charge in [0.2, 0.25) is 11.8 Å². The molecule has 1 saturated carbocycles. The standard InChI is InChI=1S/C21H30N4O4/c1-13(11-27-2)24-21-23-10-18-19(25-21)17(14-3-5-15(26)6-4-14)9-22-20(18)29-16-7-8-28-12-16/h9-10,13-16,26H,3-8,11-12H2,1-2H3,(H,23,24,25)/t13-,14-,15-,16-/m0/s1. The number of ether oxygens (including phenoxy) is 3. The van der Waals surface area contributed by atoms with Crippen molar-refractivity contribution in [3.63, 3.8) is 0 Å². The van der Waals surface area contributed by atoms with Crippen LogP contribution in [-0.2, 0) is 9.47 Å². The van der Waals surface area contributed by atoms with Crippen LogP contribution in [0, 0.1) is 0 Å². The van der Waals surface area contributed by atoms with Crippen molar-refractivity contribution < 1.29 is 19.3 Å². The summed E-state index contributed by atoms with van der Waals surface area (Å²) in [6.07, 6.45) is 7.85. The van der Waals surface area contributed by atoms with Crippen molar-refractivity contribution in [2.24, 2.45) is 0 Å². The average molecular weight is 402 g/mol. The molecule has 2 aliphatic rings. The van der Waals surface area contributed by atoms with Gasteiger partial charge in [0.15, 0.2) is 0 Å². The highest BCUT2D eigenvalue weighted by Gasteiger charge is 2.26. The number of aromatic nitrogens is 3. The summed E-state index contributed by atoms with van der Waals surface area (Å²) in [5.74, 6) is 1.46. The van der Waals surface area contributed by atoms with Crippen molar-refractivity contribution in [3.8, 4) is 5.88 Å². The Morgan fingerprint density at radius 3 is 2.76 bits per heavy atom. The van der Waals surface area contributed by atoms with Crippen molar-refractivity contribution in [2.75, 3.05) is 32.2 Å². The van der Waals surface area contributed by atoms with Crippen molar-refractivity contribution in [2.45, 2.75) is 63.2 Å². The fourth-order valence-corrected chi connectivity index (χ4v) is 4.14. The SMILES string of the molecule is COC[C@H](C)Nc1ncc2c(O[C@H]3CCOC3)ncc([C@H]3CC[C@H](O)CC3)c2n1. The van der Waals surface area contributed by atoms with Gasteiger partial charge >= 0.3 is 0 Å². The molecule has 29 heavy (non-hydrogen) atoms. The van der Waals surface area contributed by atoms with Gasteiger partial charge in [0.25, 0.3) is 0 Å². The topological polar surface area (TPSA) is 98.6 Å². The van der Waals surface area contributed by atoms with Crippen LogP contribution in [0.1, 0.15) is 50.5 Å². The van der Waals surface area contributed by atoms with Gasteiger partial charge in [-0.15, -0.1) is 0 Å². The maximum Gasteiger partial charge on any atom is 0.224 e. The summed E-state index contributed by atoms with van der Waals surface area (Å²) in [5, 5.41) is 14.0. The Bertz CT molecular complexity index is 820. The largest absolute Gasteiger partial charge is 0.471 e. The van der Waals surface area contributed by atoms with Crippen LogP contribution in [0.25, 0.3) is 10.9 Å². The van der Waals surface area contributed by atoms with Crippen LogP contribution in [0.4, 0.5) is 5.95 Å². The number of pyridine rings is 1. The highest BCUT2D eigenvalue weighted by molar-refractivity contribution is 5.86. The van der Waals surface area contributed by atoms with Crippen molar-refractivity contribution in [1.29, 1.82) is 0 Å². The highest BCUT2D eigenvalue weighted by Crippen LogP contribution is 2.38. The first kappa shape index (κ1) is 20.3. The first-order valence-corrected chi connectivity index (χ1v) is 10.5. The van der Waals surface area contributed by atoms with E-state index < -0.39 is 0 Å². The predicted octanol–water partition coefficient (Wildman–Crippen LogP) is 2.66. The number of hydrogen-bond acceptors (Lipinski definition) is 8. The van der Waals surface area contributed by atoms with E-state index in [1.165, 1.54) is 0 Å². The molecule has 0 bridgehead atoms. The van der Waals surface area contributed by atoms with Crippen LogP contribution in [-0.4, -0.2) is 65.2 Å². The monoisotopic (exact) mass is 402 g/mol. The average Bonchev–Trinajstić information content (AvgIpc) is 3.22. The Morgan fingerprint density at radius 1 is 1.21 bits per heavy atom. The van der Waals surface area contributed by atoms with Crippen molar-refractivity contribution >= 4 is 16.9 Å². The van der Waals surface area contributed by atoms with Crippen LogP contribution in [0.15, 0.2) is 12.4 Å². The third kappa shape index (κ3) is 4.76. The number of hydrogen-bond donors (Lipinski definition) is 2. The Balaban J connectivity index is 1.68. The molecule has 3 heterocycles. The number of rotatable bonds is 7. The molecule has 0 unspecified atom stereocenters. The lowest BCUT2D eigenvalue weighted by Crippen LogP contribution is -2.22. The summed E-state index contributed by atoms with van der Waals surface area (Å²) >= 11 is 0. The van der Waals surface area contributed by atoms with Gasteiger partial charge in [-0.3, -0.25) is 0 Å². The first-order valence-electron chi connectivity index (χ1n) is 10.5. The number of aliphatic hydroxyl groups excluding tert-OH is 1. The number of aliphatic hydroxyl groups is 1. The van der Waals surface area contributed by atoms with Crippen LogP contribution in [0.3, 0.4) is 0 Å². The smallest absolute Gasteiger partial charge is 0.224 e. The van der Waals surface area contributed by atoms with Gasteiger partial charge < -0.3 is 24.6 Å². The Labute approximate surface area is 171 Å². The number of fused-ring (bicyclic) bond motifs is 1. The molecule has 1 aliphatic carbocycles. The number of methoxy groups -OCH3 is 1. The van der Waals surface area contributed by atoms with Gasteiger partial charge in [-0.25, -0.2) is 15.0 Å². The fourth-order valence-electron chi connectivity index (χ4n) is 4.14. The summed E-state index contributed by atoms with van der Waals surface area (Å²) in [6.45, 7) is 3.90. The molecule has 0 spiro atoms. The van der Waals surface area contributed by atoms with Gasteiger partial charge in [-0.05, 0) is 38.5 Å². The molecule has 2 N–H and O–H groups in total. The number of nitrogens with zero attached hydrogens (tertiary/aromatic N) is 3. The van der Waals surface area contributed by atoms with Crippen LogP contribution < -0.4 is 10.1 Å². The molecule has 2 aromatic rings. The van der Waals surface area contributed by atoms with E-state index in [0.717, 1.165) is 48.6 Å². The lowest BCUT2D eigenvalue weighted by atomic mass is 9.83. The third-order valence-electron chi connectivity index (χ3n) is 5.71. The second kappa shape index (κ2) is 9.19. The highest BCUT2D eigenvalue weighted by atomic mass is 16.5. The summed E-state index contributed by atoms with van der Waals surface area (Å²) in [4.78, 5) is 14.0. The second-order valence-electron chi connectivity index (χ2n) is 8.08. The van der Waals surface area contributed by atoms with Gasteiger partial charge in [-0.1, -0.05) is 0 Å². The zero-order chi connectivity index (χ0) is 20.2. The minimum atomic E-state index is -0.197. The Kier molecular flexibility index (Phi) is 6.42. The number of nitrogens with one attached hydrogen (secondary N) is 1. The maximum absolute atomic E-state index is 9.89. The molecule has 4 rings (SSSR count). The third-order valence-corrected chi connectivity index (χ3v) is 5.71. The molecular formula is C21H30N4O4. The molecular weight excluding hydrogens is 372 g/mol. The van der Waals surface area contributed by atoms with E-state index in [-0.39, 0.29) is 18.2 Å². The summed E-state index contributed by atoms with van der Waals surface area (Å²) in [7, 11) is 1.68.